The van der Waals surface area contributed by atoms with Crippen LogP contribution in [0.2, 0.25) is 0 Å². The normalized spacial score (nSPS) is 12.9. The van der Waals surface area contributed by atoms with Crippen LogP contribution in [0.25, 0.3) is 0 Å². The predicted molar refractivity (Wildman–Crippen MR) is 84.9 cm³/mol. The second-order valence-electron chi connectivity index (χ2n) is 5.79. The zero-order chi connectivity index (χ0) is 15.3. The second-order valence-corrected chi connectivity index (χ2v) is 6.65. The van der Waals surface area contributed by atoms with Gasteiger partial charge >= 0.3 is 0 Å². The Balaban J connectivity index is 2.70. The number of rotatable bonds is 5. The minimum absolute atomic E-state index is 0.122. The third kappa shape index (κ3) is 5.51. The lowest BCUT2D eigenvalue weighted by molar-refractivity contribution is -0.128. The number of ether oxygens (including phenoxy) is 1. The maximum Gasteiger partial charge on any atom is 0.261 e. The summed E-state index contributed by atoms with van der Waals surface area (Å²) < 4.78 is 6.55. The SMILES string of the molecule is CNCc1ccc(OC(C)C(=O)NC(C)(C)C)c(Br)c1. The highest BCUT2D eigenvalue weighted by Gasteiger charge is 2.21. The zero-order valence-electron chi connectivity index (χ0n) is 12.7. The molecule has 0 radical (unpaired) electrons. The molecule has 112 valence electrons. The first kappa shape index (κ1) is 17.0. The smallest absolute Gasteiger partial charge is 0.261 e. The van der Waals surface area contributed by atoms with E-state index in [9.17, 15) is 4.79 Å². The van der Waals surface area contributed by atoms with Crippen LogP contribution in [0.5, 0.6) is 5.75 Å². The molecule has 0 aliphatic rings. The van der Waals surface area contributed by atoms with Gasteiger partial charge in [0.15, 0.2) is 6.10 Å². The van der Waals surface area contributed by atoms with Gasteiger partial charge in [-0.05, 0) is 68.4 Å². The maximum absolute atomic E-state index is 12.0. The zero-order valence-corrected chi connectivity index (χ0v) is 14.3. The van der Waals surface area contributed by atoms with Crippen LogP contribution < -0.4 is 15.4 Å². The molecule has 1 atom stereocenters. The monoisotopic (exact) mass is 342 g/mol. The van der Waals surface area contributed by atoms with Crippen molar-refractivity contribution in [2.24, 2.45) is 0 Å². The summed E-state index contributed by atoms with van der Waals surface area (Å²) in [4.78, 5) is 12.0. The quantitative estimate of drug-likeness (QED) is 0.864. The highest BCUT2D eigenvalue weighted by molar-refractivity contribution is 9.10. The molecule has 0 aromatic heterocycles. The van der Waals surface area contributed by atoms with Crippen molar-refractivity contribution < 1.29 is 9.53 Å². The first-order valence-corrected chi connectivity index (χ1v) is 7.44. The predicted octanol–water partition coefficient (Wildman–Crippen LogP) is 2.85. The highest BCUT2D eigenvalue weighted by Crippen LogP contribution is 2.27. The summed E-state index contributed by atoms with van der Waals surface area (Å²) in [6.45, 7) is 8.37. The average molecular weight is 343 g/mol. The van der Waals surface area contributed by atoms with Crippen LogP contribution in [0.1, 0.15) is 33.3 Å². The fourth-order valence-electron chi connectivity index (χ4n) is 1.67. The van der Waals surface area contributed by atoms with Gasteiger partial charge in [-0.25, -0.2) is 0 Å². The van der Waals surface area contributed by atoms with Crippen LogP contribution in [0.3, 0.4) is 0 Å². The lowest BCUT2D eigenvalue weighted by Gasteiger charge is -2.24. The molecule has 0 fully saturated rings. The van der Waals surface area contributed by atoms with Crippen LogP contribution in [-0.2, 0) is 11.3 Å². The minimum atomic E-state index is -0.541. The number of halogens is 1. The third-order valence-electron chi connectivity index (χ3n) is 2.55. The Kier molecular flexibility index (Phi) is 6.02. The fourth-order valence-corrected chi connectivity index (χ4v) is 2.19. The van der Waals surface area contributed by atoms with Crippen LogP contribution >= 0.6 is 15.9 Å². The maximum atomic E-state index is 12.0. The summed E-state index contributed by atoms with van der Waals surface area (Å²) in [7, 11) is 1.90. The molecule has 1 amide bonds. The molecule has 0 saturated heterocycles. The molecule has 5 heteroatoms. The summed E-state index contributed by atoms with van der Waals surface area (Å²) in [6, 6.07) is 5.84. The molecule has 1 aromatic carbocycles. The number of benzene rings is 1. The van der Waals surface area contributed by atoms with Crippen LogP contribution in [0, 0.1) is 0 Å². The van der Waals surface area contributed by atoms with Crippen molar-refractivity contribution in [1.82, 2.24) is 10.6 Å². The van der Waals surface area contributed by atoms with E-state index in [0.717, 1.165) is 16.6 Å². The fraction of sp³-hybridized carbons (Fsp3) is 0.533. The Morgan fingerprint density at radius 1 is 1.40 bits per heavy atom. The van der Waals surface area contributed by atoms with Gasteiger partial charge in [0, 0.05) is 12.1 Å². The van der Waals surface area contributed by atoms with E-state index in [1.54, 1.807) is 6.92 Å². The molecule has 0 aliphatic carbocycles. The first-order valence-electron chi connectivity index (χ1n) is 6.64. The number of carbonyl (C=O) groups is 1. The molecule has 4 nitrogen and oxygen atoms in total. The number of carbonyl (C=O) groups excluding carboxylic acids is 1. The standard InChI is InChI=1S/C15H23BrN2O2/c1-10(14(19)18-15(2,3)4)20-13-7-6-11(9-17-5)8-12(13)16/h6-8,10,17H,9H2,1-5H3,(H,18,19). The van der Waals surface area contributed by atoms with Crippen molar-refractivity contribution >= 4 is 21.8 Å². The van der Waals surface area contributed by atoms with E-state index in [2.05, 4.69) is 26.6 Å². The Hall–Kier alpha value is -1.07. The van der Waals surface area contributed by atoms with Gasteiger partial charge in [0.05, 0.1) is 4.47 Å². The van der Waals surface area contributed by atoms with Crippen molar-refractivity contribution in [3.8, 4) is 5.75 Å². The number of hydrogen-bond acceptors (Lipinski definition) is 3. The van der Waals surface area contributed by atoms with Gasteiger partial charge in [-0.15, -0.1) is 0 Å². The molecular formula is C15H23BrN2O2. The summed E-state index contributed by atoms with van der Waals surface area (Å²) in [5, 5.41) is 5.99. The van der Waals surface area contributed by atoms with E-state index in [0.29, 0.717) is 5.75 Å². The van der Waals surface area contributed by atoms with E-state index in [1.807, 2.05) is 46.0 Å². The van der Waals surface area contributed by atoms with Crippen molar-refractivity contribution in [2.45, 2.75) is 45.9 Å². The van der Waals surface area contributed by atoms with Crippen molar-refractivity contribution in [2.75, 3.05) is 7.05 Å². The largest absolute Gasteiger partial charge is 0.480 e. The molecule has 0 bridgehead atoms. The third-order valence-corrected chi connectivity index (χ3v) is 3.17. The molecule has 1 unspecified atom stereocenters. The van der Waals surface area contributed by atoms with Gasteiger partial charge in [0.25, 0.3) is 5.91 Å². The topological polar surface area (TPSA) is 50.4 Å². The second kappa shape index (κ2) is 7.09. The van der Waals surface area contributed by atoms with Crippen molar-refractivity contribution in [3.05, 3.63) is 28.2 Å². The lowest BCUT2D eigenvalue weighted by Crippen LogP contribution is -2.46. The van der Waals surface area contributed by atoms with E-state index in [1.165, 1.54) is 0 Å². The average Bonchev–Trinajstić information content (AvgIpc) is 2.30. The summed E-state index contributed by atoms with van der Waals surface area (Å²) in [5.74, 6) is 0.546. The van der Waals surface area contributed by atoms with Crippen LogP contribution in [-0.4, -0.2) is 24.6 Å². The summed E-state index contributed by atoms with van der Waals surface area (Å²) in [5.41, 5.74) is 0.890. The molecule has 20 heavy (non-hydrogen) atoms. The van der Waals surface area contributed by atoms with E-state index in [4.69, 9.17) is 4.74 Å². The number of hydrogen-bond donors (Lipinski definition) is 2. The van der Waals surface area contributed by atoms with Crippen LogP contribution in [0.4, 0.5) is 0 Å². The summed E-state index contributed by atoms with van der Waals surface area (Å²) in [6.07, 6.45) is -0.541. The van der Waals surface area contributed by atoms with Gasteiger partial charge in [0.1, 0.15) is 5.75 Å². The van der Waals surface area contributed by atoms with Crippen molar-refractivity contribution in [1.29, 1.82) is 0 Å². The van der Waals surface area contributed by atoms with E-state index >= 15 is 0 Å². The lowest BCUT2D eigenvalue weighted by atomic mass is 10.1. The highest BCUT2D eigenvalue weighted by atomic mass is 79.9. The van der Waals surface area contributed by atoms with Crippen molar-refractivity contribution in [3.63, 3.8) is 0 Å². The van der Waals surface area contributed by atoms with Gasteiger partial charge in [-0.1, -0.05) is 6.07 Å². The van der Waals surface area contributed by atoms with Gasteiger partial charge < -0.3 is 15.4 Å². The van der Waals surface area contributed by atoms with Crippen LogP contribution in [0.15, 0.2) is 22.7 Å². The molecular weight excluding hydrogens is 320 g/mol. The Morgan fingerprint density at radius 2 is 2.05 bits per heavy atom. The first-order chi connectivity index (χ1) is 9.23. The van der Waals surface area contributed by atoms with E-state index in [-0.39, 0.29) is 11.4 Å². The summed E-state index contributed by atoms with van der Waals surface area (Å²) >= 11 is 3.47. The molecule has 0 heterocycles. The molecule has 0 aliphatic heterocycles. The molecule has 1 rings (SSSR count). The Bertz CT molecular complexity index is 469. The minimum Gasteiger partial charge on any atom is -0.480 e. The van der Waals surface area contributed by atoms with Gasteiger partial charge in [0.2, 0.25) is 0 Å². The Labute approximate surface area is 129 Å². The number of nitrogens with one attached hydrogen (secondary N) is 2. The molecule has 2 N–H and O–H groups in total. The van der Waals surface area contributed by atoms with Gasteiger partial charge in [-0.3, -0.25) is 4.79 Å². The van der Waals surface area contributed by atoms with Gasteiger partial charge in [-0.2, -0.15) is 0 Å². The molecule has 0 saturated carbocycles. The number of amides is 1. The van der Waals surface area contributed by atoms with E-state index < -0.39 is 6.10 Å². The molecule has 1 aromatic rings. The Morgan fingerprint density at radius 3 is 2.55 bits per heavy atom. The molecule has 0 spiro atoms.